The summed E-state index contributed by atoms with van der Waals surface area (Å²) in [6.45, 7) is -1.99. The lowest BCUT2D eigenvalue weighted by molar-refractivity contribution is -0.0589. The third-order valence-electron chi connectivity index (χ3n) is 3.66. The second-order valence-electron chi connectivity index (χ2n) is 5.08. The molecule has 1 aromatic carbocycles. The van der Waals surface area contributed by atoms with Crippen molar-refractivity contribution in [2.24, 2.45) is 0 Å². The number of hydrogen-bond acceptors (Lipinski definition) is 4. The minimum absolute atomic E-state index is 0.0256. The number of ether oxygens (including phenoxy) is 2. The summed E-state index contributed by atoms with van der Waals surface area (Å²) in [7, 11) is 0. The third-order valence-corrected chi connectivity index (χ3v) is 3.90. The van der Waals surface area contributed by atoms with Crippen LogP contribution >= 0.6 is 11.6 Å². The number of alkyl halides is 3. The Morgan fingerprint density at radius 3 is 2.83 bits per heavy atom. The van der Waals surface area contributed by atoms with Gasteiger partial charge in [-0.05, 0) is 18.6 Å². The quantitative estimate of drug-likeness (QED) is 0.814. The van der Waals surface area contributed by atoms with Crippen LogP contribution in [0.2, 0.25) is 0 Å². The van der Waals surface area contributed by atoms with Crippen LogP contribution in [0.15, 0.2) is 12.1 Å². The van der Waals surface area contributed by atoms with Gasteiger partial charge in [0.2, 0.25) is 0 Å². The molecular weight excluding hydrogens is 334 g/mol. The Kier molecular flexibility index (Phi) is 4.36. The van der Waals surface area contributed by atoms with Gasteiger partial charge in [0.15, 0.2) is 5.75 Å². The van der Waals surface area contributed by atoms with Crippen molar-refractivity contribution in [3.05, 3.63) is 23.5 Å². The summed E-state index contributed by atoms with van der Waals surface area (Å²) in [4.78, 5) is 15.5. The fourth-order valence-corrected chi connectivity index (χ4v) is 2.69. The van der Waals surface area contributed by atoms with Gasteiger partial charge >= 0.3 is 12.6 Å². The van der Waals surface area contributed by atoms with Crippen LogP contribution in [0.5, 0.6) is 5.75 Å². The minimum atomic E-state index is -3.08. The normalized spacial score (nSPS) is 17.5. The molecule has 3 rings (SSSR count). The van der Waals surface area contributed by atoms with Gasteiger partial charge in [-0.15, -0.1) is 11.6 Å². The second-order valence-corrected chi connectivity index (χ2v) is 5.35. The molecule has 0 aliphatic carbocycles. The van der Waals surface area contributed by atoms with E-state index < -0.39 is 12.6 Å². The first-order chi connectivity index (χ1) is 11.0. The van der Waals surface area contributed by atoms with Crippen molar-refractivity contribution in [2.75, 3.05) is 6.61 Å². The zero-order valence-corrected chi connectivity index (χ0v) is 12.6. The molecule has 0 radical (unpaired) electrons. The Bertz CT molecular complexity index is 746. The molecule has 9 heteroatoms. The summed E-state index contributed by atoms with van der Waals surface area (Å²) in [5.74, 6) is -1.03. The Morgan fingerprint density at radius 2 is 2.30 bits per heavy atom. The van der Waals surface area contributed by atoms with Crippen molar-refractivity contribution in [1.82, 2.24) is 9.55 Å². The highest BCUT2D eigenvalue weighted by Crippen LogP contribution is 2.31. The number of carboxylic acids is 1. The number of rotatable bonds is 6. The Labute approximate surface area is 134 Å². The molecule has 23 heavy (non-hydrogen) atoms. The van der Waals surface area contributed by atoms with Crippen LogP contribution in [0, 0.1) is 0 Å². The van der Waals surface area contributed by atoms with Crippen LogP contribution < -0.4 is 4.74 Å². The molecule has 2 heterocycles. The molecule has 0 unspecified atom stereocenters. The highest BCUT2D eigenvalue weighted by molar-refractivity contribution is 6.17. The van der Waals surface area contributed by atoms with E-state index in [1.807, 2.05) is 0 Å². The highest BCUT2D eigenvalue weighted by Gasteiger charge is 2.24. The van der Waals surface area contributed by atoms with Crippen molar-refractivity contribution in [3.63, 3.8) is 0 Å². The van der Waals surface area contributed by atoms with Gasteiger partial charge in [-0.2, -0.15) is 8.78 Å². The number of nitrogens with zero attached hydrogens (tertiary/aromatic N) is 2. The van der Waals surface area contributed by atoms with Crippen molar-refractivity contribution in [1.29, 1.82) is 0 Å². The summed E-state index contributed by atoms with van der Waals surface area (Å²) in [5, 5.41) is 9.17. The molecule has 0 amide bonds. The highest BCUT2D eigenvalue weighted by atomic mass is 35.5. The van der Waals surface area contributed by atoms with E-state index in [0.717, 1.165) is 12.5 Å². The maximum absolute atomic E-state index is 12.6. The summed E-state index contributed by atoms with van der Waals surface area (Å²) in [6, 6.07) is 2.41. The number of carboxylic acid groups (broad SMARTS) is 1. The largest absolute Gasteiger partial charge is 0.478 e. The van der Waals surface area contributed by atoms with E-state index >= 15 is 0 Å². The van der Waals surface area contributed by atoms with E-state index in [1.165, 1.54) is 6.07 Å². The fraction of sp³-hybridized carbons (Fsp3) is 0.429. The third kappa shape index (κ3) is 3.09. The van der Waals surface area contributed by atoms with Crippen LogP contribution in [-0.4, -0.2) is 39.9 Å². The number of aromatic nitrogens is 2. The van der Waals surface area contributed by atoms with Gasteiger partial charge < -0.3 is 19.1 Å². The summed E-state index contributed by atoms with van der Waals surface area (Å²) in [5.41, 5.74) is 0.377. The van der Waals surface area contributed by atoms with E-state index in [2.05, 4.69) is 9.72 Å². The molecule has 1 fully saturated rings. The number of carbonyl (C=O) groups is 1. The van der Waals surface area contributed by atoms with Crippen LogP contribution in [0.1, 0.15) is 22.6 Å². The zero-order chi connectivity index (χ0) is 16.6. The molecule has 1 aliphatic heterocycles. The maximum Gasteiger partial charge on any atom is 0.387 e. The molecule has 6 nitrogen and oxygen atoms in total. The molecule has 0 spiro atoms. The first-order valence-corrected chi connectivity index (χ1v) is 7.42. The number of fused-ring (bicyclic) bond motifs is 1. The number of halogens is 3. The first kappa shape index (κ1) is 15.9. The SMILES string of the molecule is O=C(O)c1cc(OC(F)F)c2nc(CCl)n(C[C@@H]3CCO3)c2c1. The van der Waals surface area contributed by atoms with Crippen LogP contribution in [0.4, 0.5) is 8.78 Å². The predicted octanol–water partition coefficient (Wildman–Crippen LogP) is 2.86. The Hall–Kier alpha value is -1.93. The standard InChI is InChI=1S/C14H13ClF2N2O4/c15-5-11-18-12-9(19(11)6-8-1-2-22-8)3-7(13(20)21)4-10(12)23-14(16)17/h3-4,8,14H,1-2,5-6H2,(H,20,21)/t8-/m0/s1. The van der Waals surface area contributed by atoms with E-state index in [9.17, 15) is 18.7 Å². The summed E-state index contributed by atoms with van der Waals surface area (Å²) in [6.07, 6.45) is 0.836. The zero-order valence-electron chi connectivity index (χ0n) is 11.8. The monoisotopic (exact) mass is 346 g/mol. The van der Waals surface area contributed by atoms with E-state index in [0.29, 0.717) is 24.5 Å². The second kappa shape index (κ2) is 6.29. The van der Waals surface area contributed by atoms with Gasteiger partial charge in [-0.25, -0.2) is 9.78 Å². The predicted molar refractivity (Wildman–Crippen MR) is 77.2 cm³/mol. The Morgan fingerprint density at radius 1 is 1.57 bits per heavy atom. The minimum Gasteiger partial charge on any atom is -0.478 e. The van der Waals surface area contributed by atoms with E-state index in [-0.39, 0.29) is 28.8 Å². The summed E-state index contributed by atoms with van der Waals surface area (Å²) < 4.78 is 36.7. The molecule has 1 atom stereocenters. The number of benzene rings is 1. The Balaban J connectivity index is 2.15. The van der Waals surface area contributed by atoms with Crippen molar-refractivity contribution >= 4 is 28.6 Å². The van der Waals surface area contributed by atoms with Gasteiger partial charge in [0, 0.05) is 6.61 Å². The number of aromatic carboxylic acids is 1. The van der Waals surface area contributed by atoms with Gasteiger partial charge in [-0.1, -0.05) is 0 Å². The number of hydrogen-bond donors (Lipinski definition) is 1. The molecule has 0 saturated carbocycles. The smallest absolute Gasteiger partial charge is 0.387 e. The summed E-state index contributed by atoms with van der Waals surface area (Å²) >= 11 is 5.88. The van der Waals surface area contributed by atoms with Gasteiger partial charge in [0.25, 0.3) is 0 Å². The molecule has 2 aromatic rings. The molecular formula is C14H13ClF2N2O4. The lowest BCUT2D eigenvalue weighted by atomic mass is 10.1. The maximum atomic E-state index is 12.6. The lowest BCUT2D eigenvalue weighted by Crippen LogP contribution is -2.31. The lowest BCUT2D eigenvalue weighted by Gasteiger charge is -2.27. The average molecular weight is 347 g/mol. The topological polar surface area (TPSA) is 73.6 Å². The van der Waals surface area contributed by atoms with E-state index in [1.54, 1.807) is 4.57 Å². The van der Waals surface area contributed by atoms with Crippen molar-refractivity contribution < 1.29 is 28.2 Å². The van der Waals surface area contributed by atoms with Gasteiger partial charge in [-0.3, -0.25) is 0 Å². The molecule has 1 aromatic heterocycles. The molecule has 0 bridgehead atoms. The van der Waals surface area contributed by atoms with Gasteiger partial charge in [0.05, 0.1) is 29.6 Å². The van der Waals surface area contributed by atoms with Crippen molar-refractivity contribution in [3.8, 4) is 5.75 Å². The average Bonchev–Trinajstić information content (AvgIpc) is 2.80. The molecule has 1 saturated heterocycles. The number of imidazole rings is 1. The van der Waals surface area contributed by atoms with Crippen molar-refractivity contribution in [2.45, 2.75) is 31.6 Å². The van der Waals surface area contributed by atoms with Gasteiger partial charge in [0.1, 0.15) is 11.3 Å². The molecule has 1 aliphatic rings. The van der Waals surface area contributed by atoms with Crippen LogP contribution in [0.3, 0.4) is 0 Å². The van der Waals surface area contributed by atoms with E-state index in [4.69, 9.17) is 16.3 Å². The fourth-order valence-electron chi connectivity index (χ4n) is 2.49. The first-order valence-electron chi connectivity index (χ1n) is 6.88. The van der Waals surface area contributed by atoms with Crippen LogP contribution in [0.25, 0.3) is 11.0 Å². The van der Waals surface area contributed by atoms with Crippen LogP contribution in [-0.2, 0) is 17.2 Å². The molecule has 1 N–H and O–H groups in total. The molecule has 124 valence electrons.